The molecule has 0 saturated carbocycles. The van der Waals surface area contributed by atoms with Gasteiger partial charge in [0.15, 0.2) is 0 Å². The lowest BCUT2D eigenvalue weighted by molar-refractivity contribution is -0.384. The van der Waals surface area contributed by atoms with Crippen molar-refractivity contribution in [1.82, 2.24) is 4.72 Å². The molecule has 0 aliphatic rings. The van der Waals surface area contributed by atoms with Crippen molar-refractivity contribution in [2.24, 2.45) is 0 Å². The Morgan fingerprint density at radius 1 is 1.14 bits per heavy atom. The van der Waals surface area contributed by atoms with Crippen LogP contribution in [0.25, 0.3) is 0 Å². The van der Waals surface area contributed by atoms with Crippen molar-refractivity contribution in [3.8, 4) is 0 Å². The molecule has 21 heavy (non-hydrogen) atoms. The summed E-state index contributed by atoms with van der Waals surface area (Å²) in [5.74, 6) is 0. The van der Waals surface area contributed by atoms with Crippen LogP contribution < -0.4 is 10.0 Å². The van der Waals surface area contributed by atoms with Gasteiger partial charge in [-0.2, -0.15) is 0 Å². The Morgan fingerprint density at radius 3 is 2.57 bits per heavy atom. The average molecular weight is 327 g/mol. The average Bonchev–Trinajstić information content (AvgIpc) is 2.99. The van der Waals surface area contributed by atoms with Crippen LogP contribution in [0.1, 0.15) is 0 Å². The van der Waals surface area contributed by atoms with E-state index in [0.717, 1.165) is 11.3 Å². The molecule has 0 aliphatic carbocycles. The smallest absolute Gasteiger partial charge is 0.292 e. The molecule has 1 aromatic heterocycles. The minimum Gasteiger partial charge on any atom is -0.378 e. The van der Waals surface area contributed by atoms with Gasteiger partial charge < -0.3 is 5.32 Å². The molecule has 9 heteroatoms. The molecule has 0 saturated heterocycles. The second-order valence-corrected chi connectivity index (χ2v) is 6.97. The highest BCUT2D eigenvalue weighted by molar-refractivity contribution is 7.91. The topological polar surface area (TPSA) is 101 Å². The Labute approximate surface area is 125 Å². The number of sulfonamides is 1. The first kappa shape index (κ1) is 15.4. The number of anilines is 1. The molecule has 1 heterocycles. The van der Waals surface area contributed by atoms with E-state index in [-0.39, 0.29) is 23.0 Å². The number of nitro benzene ring substituents is 1. The first-order valence-electron chi connectivity index (χ1n) is 6.01. The van der Waals surface area contributed by atoms with Gasteiger partial charge in [-0.05, 0) is 17.5 Å². The fraction of sp³-hybridized carbons (Fsp3) is 0.167. The maximum Gasteiger partial charge on any atom is 0.292 e. The van der Waals surface area contributed by atoms with Crippen molar-refractivity contribution in [1.29, 1.82) is 0 Å². The number of nitro groups is 1. The lowest BCUT2D eigenvalue weighted by atomic mass is 10.2. The molecule has 0 amide bonds. The largest absolute Gasteiger partial charge is 0.378 e. The van der Waals surface area contributed by atoms with E-state index >= 15 is 0 Å². The maximum absolute atomic E-state index is 11.8. The van der Waals surface area contributed by atoms with Crippen LogP contribution >= 0.6 is 11.3 Å². The van der Waals surface area contributed by atoms with E-state index in [1.54, 1.807) is 29.6 Å². The maximum atomic E-state index is 11.8. The fourth-order valence-electron chi connectivity index (χ4n) is 1.65. The second kappa shape index (κ2) is 6.66. The molecule has 2 N–H and O–H groups in total. The number of thiophene rings is 1. The third-order valence-corrected chi connectivity index (χ3v) is 5.45. The molecular weight excluding hydrogens is 314 g/mol. The van der Waals surface area contributed by atoms with E-state index < -0.39 is 14.9 Å². The summed E-state index contributed by atoms with van der Waals surface area (Å²) in [5.41, 5.74) is 0.316. The highest BCUT2D eigenvalue weighted by Crippen LogP contribution is 2.22. The molecule has 0 unspecified atom stereocenters. The van der Waals surface area contributed by atoms with E-state index in [0.29, 0.717) is 5.69 Å². The van der Waals surface area contributed by atoms with E-state index in [9.17, 15) is 18.5 Å². The van der Waals surface area contributed by atoms with Crippen LogP contribution in [0.15, 0.2) is 46.0 Å². The summed E-state index contributed by atoms with van der Waals surface area (Å²) >= 11 is 1.13. The molecule has 2 aromatic rings. The molecule has 0 bridgehead atoms. The third kappa shape index (κ3) is 4.00. The summed E-state index contributed by atoms with van der Waals surface area (Å²) in [6.45, 7) is 0.377. The normalized spacial score (nSPS) is 11.2. The van der Waals surface area contributed by atoms with E-state index in [1.165, 1.54) is 12.1 Å². The predicted molar refractivity (Wildman–Crippen MR) is 81.1 cm³/mol. The Morgan fingerprint density at radius 2 is 1.90 bits per heavy atom. The lowest BCUT2D eigenvalue weighted by Gasteiger charge is -2.08. The van der Waals surface area contributed by atoms with Gasteiger partial charge in [-0.3, -0.25) is 10.1 Å². The number of nitrogens with one attached hydrogen (secondary N) is 2. The molecule has 112 valence electrons. The van der Waals surface area contributed by atoms with Crippen molar-refractivity contribution >= 4 is 32.7 Å². The van der Waals surface area contributed by atoms with Gasteiger partial charge in [0.2, 0.25) is 10.0 Å². The van der Waals surface area contributed by atoms with Crippen LogP contribution in [0.2, 0.25) is 0 Å². The zero-order valence-electron chi connectivity index (χ0n) is 10.9. The number of benzene rings is 1. The second-order valence-electron chi connectivity index (χ2n) is 4.03. The van der Waals surface area contributed by atoms with Crippen molar-refractivity contribution in [3.63, 3.8) is 0 Å². The highest BCUT2D eigenvalue weighted by Gasteiger charge is 2.15. The Kier molecular flexibility index (Phi) is 4.89. The zero-order chi connectivity index (χ0) is 15.3. The van der Waals surface area contributed by atoms with Crippen LogP contribution in [0.4, 0.5) is 11.4 Å². The molecule has 7 nitrogen and oxygen atoms in total. The number of para-hydroxylation sites is 2. The SMILES string of the molecule is O=[N+]([O-])c1ccccc1NCCNS(=O)(=O)c1cccs1. The van der Waals surface area contributed by atoms with E-state index in [4.69, 9.17) is 0 Å². The number of hydrogen-bond acceptors (Lipinski definition) is 6. The van der Waals surface area contributed by atoms with Crippen LogP contribution in [0, 0.1) is 10.1 Å². The van der Waals surface area contributed by atoms with Gasteiger partial charge in [-0.1, -0.05) is 18.2 Å². The van der Waals surface area contributed by atoms with Gasteiger partial charge in [0.05, 0.1) is 4.92 Å². The Hall–Kier alpha value is -1.97. The number of nitrogens with zero attached hydrogens (tertiary/aromatic N) is 1. The fourth-order valence-corrected chi connectivity index (χ4v) is 3.72. The third-order valence-electron chi connectivity index (χ3n) is 2.59. The van der Waals surface area contributed by atoms with Crippen molar-refractivity contribution in [2.45, 2.75) is 4.21 Å². The van der Waals surface area contributed by atoms with Gasteiger partial charge in [0, 0.05) is 19.2 Å². The number of rotatable bonds is 7. The molecule has 0 spiro atoms. The standard InChI is InChI=1S/C12H13N3O4S2/c16-15(17)11-5-2-1-4-10(11)13-7-8-14-21(18,19)12-6-3-9-20-12/h1-6,9,13-14H,7-8H2. The van der Waals surface area contributed by atoms with Crippen molar-refractivity contribution in [3.05, 3.63) is 51.9 Å². The summed E-state index contributed by atoms with van der Waals surface area (Å²) in [7, 11) is -3.50. The first-order valence-corrected chi connectivity index (χ1v) is 8.37. The van der Waals surface area contributed by atoms with Crippen LogP contribution in [0.3, 0.4) is 0 Å². The summed E-state index contributed by atoms with van der Waals surface area (Å²) in [6.07, 6.45) is 0. The van der Waals surface area contributed by atoms with Crippen LogP contribution in [-0.2, 0) is 10.0 Å². The van der Waals surface area contributed by atoms with Gasteiger partial charge >= 0.3 is 0 Å². The summed E-state index contributed by atoms with van der Waals surface area (Å²) in [6, 6.07) is 9.38. The van der Waals surface area contributed by atoms with Crippen molar-refractivity contribution in [2.75, 3.05) is 18.4 Å². The van der Waals surface area contributed by atoms with Gasteiger partial charge in [0.25, 0.3) is 5.69 Å². The molecule has 2 rings (SSSR count). The molecule has 0 radical (unpaired) electrons. The van der Waals surface area contributed by atoms with Gasteiger partial charge in [0.1, 0.15) is 9.90 Å². The highest BCUT2D eigenvalue weighted by atomic mass is 32.2. The van der Waals surface area contributed by atoms with E-state index in [1.807, 2.05) is 0 Å². The van der Waals surface area contributed by atoms with Crippen LogP contribution in [0.5, 0.6) is 0 Å². The minimum atomic E-state index is -3.50. The number of hydrogen-bond donors (Lipinski definition) is 2. The predicted octanol–water partition coefficient (Wildman–Crippen LogP) is 2.05. The molecule has 0 aliphatic heterocycles. The first-order chi connectivity index (χ1) is 10.0. The molecular formula is C12H13N3O4S2. The molecule has 0 fully saturated rings. The Bertz CT molecular complexity index is 714. The van der Waals surface area contributed by atoms with Crippen molar-refractivity contribution < 1.29 is 13.3 Å². The summed E-state index contributed by atoms with van der Waals surface area (Å²) in [4.78, 5) is 10.3. The minimum absolute atomic E-state index is 0.0430. The van der Waals surface area contributed by atoms with E-state index in [2.05, 4.69) is 10.0 Å². The molecule has 1 aromatic carbocycles. The summed E-state index contributed by atoms with van der Waals surface area (Å²) in [5, 5.41) is 15.4. The zero-order valence-corrected chi connectivity index (χ0v) is 12.5. The lowest BCUT2D eigenvalue weighted by Crippen LogP contribution is -2.28. The van der Waals surface area contributed by atoms with Crippen LogP contribution in [-0.4, -0.2) is 26.4 Å². The monoisotopic (exact) mass is 327 g/mol. The van der Waals surface area contributed by atoms with Gasteiger partial charge in [-0.15, -0.1) is 11.3 Å². The Balaban J connectivity index is 1.90. The summed E-state index contributed by atoms with van der Waals surface area (Å²) < 4.78 is 26.4. The quantitative estimate of drug-likeness (QED) is 0.460. The van der Waals surface area contributed by atoms with Gasteiger partial charge in [-0.25, -0.2) is 13.1 Å². The molecule has 0 atom stereocenters.